The first-order chi connectivity index (χ1) is 11.9. The van der Waals surface area contributed by atoms with Crippen LogP contribution >= 0.6 is 0 Å². The average Bonchev–Trinajstić information content (AvgIpc) is 2.55. The number of rotatable bonds is 3. The third-order valence-corrected chi connectivity index (χ3v) is 4.35. The summed E-state index contributed by atoms with van der Waals surface area (Å²) in [5.74, 6) is 0.148. The largest absolute Gasteiger partial charge is 0.312 e. The van der Waals surface area contributed by atoms with Crippen molar-refractivity contribution in [3.63, 3.8) is 0 Å². The van der Waals surface area contributed by atoms with Crippen molar-refractivity contribution in [2.75, 3.05) is 11.4 Å². The molecule has 3 rings (SSSR count). The molecule has 0 aliphatic carbocycles. The number of hydrogen-bond donors (Lipinski definition) is 1. The lowest BCUT2D eigenvalue weighted by Gasteiger charge is -2.28. The van der Waals surface area contributed by atoms with E-state index in [9.17, 15) is 4.79 Å². The molecule has 0 saturated carbocycles. The standard InChI is InChI=1S/C22H26N2O/c1-22(2,3)23-15-14-21(25)24-16-19-10-5-4-8-17(19)12-13-18-9-6-7-11-20(18)24/h4-13,23H,14-16H2,1-3H3/b13-12-. The van der Waals surface area contributed by atoms with Gasteiger partial charge in [-0.2, -0.15) is 0 Å². The fourth-order valence-corrected chi connectivity index (χ4v) is 3.05. The van der Waals surface area contributed by atoms with Crippen molar-refractivity contribution in [2.24, 2.45) is 0 Å². The van der Waals surface area contributed by atoms with Crippen molar-refractivity contribution in [3.05, 3.63) is 65.2 Å². The highest BCUT2D eigenvalue weighted by Gasteiger charge is 2.21. The summed E-state index contributed by atoms with van der Waals surface area (Å²) in [4.78, 5) is 14.9. The Hall–Kier alpha value is -2.39. The fourth-order valence-electron chi connectivity index (χ4n) is 3.05. The van der Waals surface area contributed by atoms with E-state index in [0.29, 0.717) is 19.5 Å². The number of hydrogen-bond acceptors (Lipinski definition) is 2. The Morgan fingerprint density at radius 1 is 1.00 bits per heavy atom. The maximum atomic E-state index is 13.0. The van der Waals surface area contributed by atoms with Gasteiger partial charge in [0.05, 0.1) is 12.2 Å². The van der Waals surface area contributed by atoms with Gasteiger partial charge < -0.3 is 10.2 Å². The van der Waals surface area contributed by atoms with Crippen molar-refractivity contribution < 1.29 is 4.79 Å². The summed E-state index contributed by atoms with van der Waals surface area (Å²) in [7, 11) is 0. The molecule has 0 bridgehead atoms. The highest BCUT2D eigenvalue weighted by Crippen LogP contribution is 2.29. The molecule has 0 unspecified atom stereocenters. The number of para-hydroxylation sites is 1. The number of carbonyl (C=O) groups excluding carboxylic acids is 1. The summed E-state index contributed by atoms with van der Waals surface area (Å²) >= 11 is 0. The molecule has 3 nitrogen and oxygen atoms in total. The van der Waals surface area contributed by atoms with Gasteiger partial charge in [-0.05, 0) is 43.5 Å². The van der Waals surface area contributed by atoms with Crippen molar-refractivity contribution >= 4 is 23.7 Å². The highest BCUT2D eigenvalue weighted by atomic mass is 16.2. The van der Waals surface area contributed by atoms with Crippen LogP contribution < -0.4 is 10.2 Å². The van der Waals surface area contributed by atoms with Gasteiger partial charge >= 0.3 is 0 Å². The minimum atomic E-state index is 0.0177. The van der Waals surface area contributed by atoms with Crippen LogP contribution in [0.3, 0.4) is 0 Å². The first-order valence-electron chi connectivity index (χ1n) is 8.84. The molecular formula is C22H26N2O. The Balaban J connectivity index is 1.89. The number of fused-ring (bicyclic) bond motifs is 2. The van der Waals surface area contributed by atoms with Crippen LogP contribution in [0.25, 0.3) is 12.2 Å². The van der Waals surface area contributed by atoms with Gasteiger partial charge in [0.1, 0.15) is 0 Å². The number of amides is 1. The van der Waals surface area contributed by atoms with Crippen LogP contribution in [-0.2, 0) is 11.3 Å². The number of benzene rings is 2. The minimum Gasteiger partial charge on any atom is -0.312 e. The Labute approximate surface area is 150 Å². The van der Waals surface area contributed by atoms with Crippen LogP contribution in [0.4, 0.5) is 5.69 Å². The Morgan fingerprint density at radius 2 is 1.64 bits per heavy atom. The molecule has 1 amide bonds. The predicted octanol–water partition coefficient (Wildman–Crippen LogP) is 4.48. The lowest BCUT2D eigenvalue weighted by molar-refractivity contribution is -0.118. The molecule has 0 aromatic heterocycles. The molecule has 1 N–H and O–H groups in total. The Kier molecular flexibility index (Phi) is 5.05. The van der Waals surface area contributed by atoms with E-state index in [2.05, 4.69) is 56.4 Å². The number of anilines is 1. The van der Waals surface area contributed by atoms with Crippen LogP contribution in [0.5, 0.6) is 0 Å². The smallest absolute Gasteiger partial charge is 0.228 e. The summed E-state index contributed by atoms with van der Waals surface area (Å²) in [5, 5.41) is 3.40. The molecule has 0 atom stereocenters. The molecule has 130 valence electrons. The van der Waals surface area contributed by atoms with E-state index >= 15 is 0 Å². The zero-order valence-electron chi connectivity index (χ0n) is 15.3. The van der Waals surface area contributed by atoms with Gasteiger partial charge in [0.2, 0.25) is 5.91 Å². The van der Waals surface area contributed by atoms with Gasteiger partial charge in [-0.25, -0.2) is 0 Å². The van der Waals surface area contributed by atoms with E-state index < -0.39 is 0 Å². The molecule has 0 saturated heterocycles. The van der Waals surface area contributed by atoms with E-state index in [4.69, 9.17) is 0 Å². The van der Waals surface area contributed by atoms with Gasteiger partial charge in [-0.3, -0.25) is 4.79 Å². The van der Waals surface area contributed by atoms with E-state index in [0.717, 1.165) is 11.3 Å². The van der Waals surface area contributed by atoms with Crippen molar-refractivity contribution in [1.82, 2.24) is 5.32 Å². The molecule has 1 heterocycles. The van der Waals surface area contributed by atoms with Gasteiger partial charge in [-0.1, -0.05) is 54.6 Å². The molecular weight excluding hydrogens is 308 g/mol. The van der Waals surface area contributed by atoms with E-state index in [1.807, 2.05) is 35.2 Å². The molecule has 2 aromatic carbocycles. The Morgan fingerprint density at radius 3 is 2.40 bits per heavy atom. The summed E-state index contributed by atoms with van der Waals surface area (Å²) in [6.45, 7) is 7.63. The molecule has 1 aliphatic rings. The van der Waals surface area contributed by atoms with Crippen LogP contribution in [0.2, 0.25) is 0 Å². The maximum absolute atomic E-state index is 13.0. The van der Waals surface area contributed by atoms with Crippen LogP contribution in [0.1, 0.15) is 43.9 Å². The van der Waals surface area contributed by atoms with Crippen LogP contribution in [-0.4, -0.2) is 18.0 Å². The van der Waals surface area contributed by atoms with Crippen molar-refractivity contribution in [1.29, 1.82) is 0 Å². The number of nitrogens with zero attached hydrogens (tertiary/aromatic N) is 1. The van der Waals surface area contributed by atoms with Crippen molar-refractivity contribution in [2.45, 2.75) is 39.3 Å². The zero-order chi connectivity index (χ0) is 17.9. The SMILES string of the molecule is CC(C)(C)NCCC(=O)N1Cc2ccccc2/C=C\c2ccccc21. The second-order valence-electron chi connectivity index (χ2n) is 7.50. The predicted molar refractivity (Wildman–Crippen MR) is 105 cm³/mol. The molecule has 2 aromatic rings. The lowest BCUT2D eigenvalue weighted by Crippen LogP contribution is -2.39. The normalized spacial score (nSPS) is 14.9. The Bertz CT molecular complexity index is 787. The average molecular weight is 334 g/mol. The van der Waals surface area contributed by atoms with Gasteiger partial charge in [0.15, 0.2) is 0 Å². The summed E-state index contributed by atoms with van der Waals surface area (Å²) in [6, 6.07) is 16.4. The monoisotopic (exact) mass is 334 g/mol. The highest BCUT2D eigenvalue weighted by molar-refractivity contribution is 5.97. The fraction of sp³-hybridized carbons (Fsp3) is 0.318. The van der Waals surface area contributed by atoms with Gasteiger partial charge in [-0.15, -0.1) is 0 Å². The molecule has 0 radical (unpaired) electrons. The second-order valence-corrected chi connectivity index (χ2v) is 7.50. The minimum absolute atomic E-state index is 0.0177. The second kappa shape index (κ2) is 7.24. The topological polar surface area (TPSA) is 32.3 Å². The van der Waals surface area contributed by atoms with E-state index in [-0.39, 0.29) is 11.4 Å². The molecule has 1 aliphatic heterocycles. The summed E-state index contributed by atoms with van der Waals surface area (Å²) in [5.41, 5.74) is 4.42. The van der Waals surface area contributed by atoms with Crippen LogP contribution in [0, 0.1) is 0 Å². The van der Waals surface area contributed by atoms with Crippen molar-refractivity contribution in [3.8, 4) is 0 Å². The van der Waals surface area contributed by atoms with E-state index in [1.54, 1.807) is 0 Å². The maximum Gasteiger partial charge on any atom is 0.228 e. The first-order valence-corrected chi connectivity index (χ1v) is 8.84. The van der Waals surface area contributed by atoms with Gasteiger partial charge in [0, 0.05) is 18.5 Å². The third kappa shape index (κ3) is 4.37. The quantitative estimate of drug-likeness (QED) is 0.897. The molecule has 25 heavy (non-hydrogen) atoms. The molecule has 0 fully saturated rings. The third-order valence-electron chi connectivity index (χ3n) is 4.35. The van der Waals surface area contributed by atoms with E-state index in [1.165, 1.54) is 11.1 Å². The zero-order valence-corrected chi connectivity index (χ0v) is 15.3. The molecule has 0 spiro atoms. The first kappa shape index (κ1) is 17.4. The number of nitrogens with one attached hydrogen (secondary N) is 1. The summed E-state index contributed by atoms with van der Waals surface area (Å²) in [6.07, 6.45) is 4.72. The number of carbonyl (C=O) groups is 1. The lowest BCUT2D eigenvalue weighted by atomic mass is 10.0. The van der Waals surface area contributed by atoms with Crippen LogP contribution in [0.15, 0.2) is 48.5 Å². The van der Waals surface area contributed by atoms with Gasteiger partial charge in [0.25, 0.3) is 0 Å². The summed E-state index contributed by atoms with van der Waals surface area (Å²) < 4.78 is 0. The molecule has 3 heteroatoms.